The highest BCUT2D eigenvalue weighted by molar-refractivity contribution is 8.03. The number of anilines is 3. The van der Waals surface area contributed by atoms with Crippen molar-refractivity contribution in [2.24, 2.45) is 18.0 Å². The summed E-state index contributed by atoms with van der Waals surface area (Å²) in [4.78, 5) is 14.2. The highest BCUT2D eigenvalue weighted by Gasteiger charge is 2.31. The Bertz CT molecular complexity index is 3140. The largest absolute Gasteiger partial charge is 0.358 e. The summed E-state index contributed by atoms with van der Waals surface area (Å²) >= 11 is 3.68. The quantitative estimate of drug-likeness (QED) is 0.150. The topological polar surface area (TPSA) is 30.9 Å². The number of nitrogens with zero attached hydrogens (tertiary/aromatic N) is 6. The van der Waals surface area contributed by atoms with Crippen molar-refractivity contribution < 1.29 is 4.57 Å². The number of hydrogen-bond donors (Lipinski definition) is 0. The van der Waals surface area contributed by atoms with Crippen LogP contribution in [0, 0.1) is 5.92 Å². The number of likely N-dealkylation sites (tertiary alicyclic amines) is 1. The van der Waals surface area contributed by atoms with Gasteiger partial charge in [0.15, 0.2) is 0 Å². The first-order valence-electron chi connectivity index (χ1n) is 21.5. The normalized spacial score (nSPS) is 17.0. The molecule has 0 spiro atoms. The maximum atomic E-state index is 5.52. The molecule has 0 aliphatic carbocycles. The maximum absolute atomic E-state index is 5.52. The molecular weight excluding hydrogens is 797 g/mol. The summed E-state index contributed by atoms with van der Waals surface area (Å²) in [7, 11) is 4.35. The fraction of sp³-hybridized carbons (Fsp3) is 0.148. The lowest BCUT2D eigenvalue weighted by molar-refractivity contribution is -0.642. The predicted molar refractivity (Wildman–Crippen MR) is 261 cm³/mol. The molecule has 3 aliphatic heterocycles. The summed E-state index contributed by atoms with van der Waals surface area (Å²) in [6, 6.07) is 58.9. The number of allylic oxidation sites excluding steroid dienone is 2. The number of fused-ring (bicyclic) bond motifs is 4. The van der Waals surface area contributed by atoms with Gasteiger partial charge in [-0.05, 0) is 103 Å². The molecule has 62 heavy (non-hydrogen) atoms. The van der Waals surface area contributed by atoms with Gasteiger partial charge in [0, 0.05) is 66.0 Å². The molecule has 0 radical (unpaired) electrons. The Morgan fingerprint density at radius 1 is 0.710 bits per heavy atom. The molecule has 0 saturated carbocycles. The van der Waals surface area contributed by atoms with Gasteiger partial charge in [0.25, 0.3) is 5.01 Å². The monoisotopic (exact) mass is 843 g/mol. The van der Waals surface area contributed by atoms with Crippen LogP contribution in [0.4, 0.5) is 17.1 Å². The molecule has 0 N–H and O–H groups in total. The van der Waals surface area contributed by atoms with Crippen LogP contribution < -0.4 is 19.9 Å². The van der Waals surface area contributed by atoms with Crippen molar-refractivity contribution in [3.8, 4) is 5.69 Å². The van der Waals surface area contributed by atoms with Crippen molar-refractivity contribution in [3.05, 3.63) is 202 Å². The number of thioether (sulfide) groups is 1. The first-order valence-corrected chi connectivity index (χ1v) is 23.1. The van der Waals surface area contributed by atoms with E-state index in [0.29, 0.717) is 5.92 Å². The zero-order valence-corrected chi connectivity index (χ0v) is 36.6. The van der Waals surface area contributed by atoms with E-state index < -0.39 is 0 Å². The summed E-state index contributed by atoms with van der Waals surface area (Å²) in [5, 5.41) is 3.66. The van der Waals surface area contributed by atoms with Crippen LogP contribution in [0.3, 0.4) is 0 Å². The standard InChI is InChI=1S/C54H47N6S2/c1-56-47-25-13-15-27-49(47)61-53(56)35-39-33-51(59(41-17-5-3-6-18-41)45-23-11-9-21-43(39)45)55-37-38-29-31-58(32-30-38)52-34-40(36-54-57(2)48-26-14-16-28-50(48)62-54)44-22-10-12-24-46(44)60(52)42-19-7-4-8-20-42/h3-28,33-36,38H,29-32,37H2,1-2H3/q+1/b53-35+,55-51+. The molecule has 1 saturated heterocycles. The Morgan fingerprint density at radius 3 is 2.18 bits per heavy atom. The SMILES string of the molecule is CN1/C(=C\c2c/c(=N\CC3CCN(C4=C/C(=C\c5sc6ccccc6[n+]5C)c5ccccc5N4c4ccccc4)CC3)n(-c3ccccc3)c3ccccc23)Sc2ccccc21. The minimum Gasteiger partial charge on any atom is -0.358 e. The summed E-state index contributed by atoms with van der Waals surface area (Å²) < 4.78 is 5.97. The molecule has 3 aliphatic rings. The van der Waals surface area contributed by atoms with E-state index in [-0.39, 0.29) is 0 Å². The number of rotatable bonds is 7. The van der Waals surface area contributed by atoms with Crippen LogP contribution in [0.1, 0.15) is 29.0 Å². The van der Waals surface area contributed by atoms with Crippen molar-refractivity contribution >= 4 is 79.0 Å². The third-order valence-corrected chi connectivity index (χ3v) is 14.9. The van der Waals surface area contributed by atoms with Crippen LogP contribution >= 0.6 is 23.1 Å². The fourth-order valence-corrected chi connectivity index (χ4v) is 11.5. The number of para-hydroxylation sites is 6. The zero-order valence-electron chi connectivity index (χ0n) is 34.9. The lowest BCUT2D eigenvalue weighted by Crippen LogP contribution is -2.40. The Kier molecular flexibility index (Phi) is 10.1. The van der Waals surface area contributed by atoms with Gasteiger partial charge in [-0.3, -0.25) is 14.5 Å². The summed E-state index contributed by atoms with van der Waals surface area (Å²) in [5.74, 6) is 1.69. The Labute approximate surface area is 371 Å². The van der Waals surface area contributed by atoms with Gasteiger partial charge < -0.3 is 9.80 Å². The number of piperidine rings is 1. The van der Waals surface area contributed by atoms with Gasteiger partial charge in [-0.25, -0.2) is 0 Å². The molecule has 5 heterocycles. The minimum atomic E-state index is 0.462. The van der Waals surface area contributed by atoms with E-state index in [1.807, 2.05) is 23.1 Å². The summed E-state index contributed by atoms with van der Waals surface area (Å²) in [5.41, 5.74) is 11.8. The minimum absolute atomic E-state index is 0.462. The van der Waals surface area contributed by atoms with E-state index >= 15 is 0 Å². The molecule has 8 heteroatoms. The summed E-state index contributed by atoms with van der Waals surface area (Å²) in [6.45, 7) is 2.69. The number of aryl methyl sites for hydroxylation is 1. The number of thiazole rings is 1. The van der Waals surface area contributed by atoms with E-state index in [4.69, 9.17) is 4.99 Å². The molecule has 1 fully saturated rings. The van der Waals surface area contributed by atoms with E-state index in [9.17, 15) is 0 Å². The highest BCUT2D eigenvalue weighted by atomic mass is 32.2. The lowest BCUT2D eigenvalue weighted by Gasteiger charge is -2.42. The maximum Gasteiger partial charge on any atom is 0.263 e. The number of hydrogen-bond acceptors (Lipinski definition) is 6. The molecule has 0 bridgehead atoms. The molecule has 0 amide bonds. The predicted octanol–water partition coefficient (Wildman–Crippen LogP) is 12.1. The summed E-state index contributed by atoms with van der Waals surface area (Å²) in [6.07, 6.45) is 9.28. The van der Waals surface area contributed by atoms with Gasteiger partial charge in [0.05, 0.1) is 21.9 Å². The average molecular weight is 844 g/mol. The van der Waals surface area contributed by atoms with Crippen LogP contribution in [0.5, 0.6) is 0 Å². The fourth-order valence-electron chi connectivity index (χ4n) is 9.25. The first kappa shape index (κ1) is 38.3. The smallest absolute Gasteiger partial charge is 0.263 e. The third kappa shape index (κ3) is 7.03. The zero-order chi connectivity index (χ0) is 41.6. The van der Waals surface area contributed by atoms with Gasteiger partial charge in [-0.2, -0.15) is 4.57 Å². The molecule has 6 nitrogen and oxygen atoms in total. The van der Waals surface area contributed by atoms with Gasteiger partial charge >= 0.3 is 0 Å². The van der Waals surface area contributed by atoms with Crippen LogP contribution in [-0.2, 0) is 7.05 Å². The van der Waals surface area contributed by atoms with Crippen LogP contribution in [0.15, 0.2) is 191 Å². The second-order valence-electron chi connectivity index (χ2n) is 16.3. The Hall–Kier alpha value is -6.61. The van der Waals surface area contributed by atoms with E-state index in [1.54, 1.807) is 0 Å². The average Bonchev–Trinajstić information content (AvgIpc) is 3.82. The molecule has 11 rings (SSSR count). The number of aromatic nitrogens is 2. The molecular formula is C54H47N6S2+. The second-order valence-corrected chi connectivity index (χ2v) is 18.4. The van der Waals surface area contributed by atoms with Crippen molar-refractivity contribution in [1.82, 2.24) is 9.47 Å². The molecule has 6 aromatic carbocycles. The van der Waals surface area contributed by atoms with Crippen molar-refractivity contribution in [2.45, 2.75) is 17.7 Å². The number of benzene rings is 6. The Balaban J connectivity index is 0.935. The van der Waals surface area contributed by atoms with Gasteiger partial charge in [-0.15, -0.1) is 0 Å². The lowest BCUT2D eigenvalue weighted by atomic mass is 9.94. The van der Waals surface area contributed by atoms with Crippen molar-refractivity contribution in [3.63, 3.8) is 0 Å². The van der Waals surface area contributed by atoms with Gasteiger partial charge in [-0.1, -0.05) is 120 Å². The van der Waals surface area contributed by atoms with Crippen LogP contribution in [-0.4, -0.2) is 36.1 Å². The molecule has 8 aromatic rings. The van der Waals surface area contributed by atoms with Crippen molar-refractivity contribution in [1.29, 1.82) is 0 Å². The third-order valence-electron chi connectivity index (χ3n) is 12.5. The van der Waals surface area contributed by atoms with E-state index in [1.165, 1.54) is 70.1 Å². The second kappa shape index (κ2) is 16.3. The first-order chi connectivity index (χ1) is 30.6. The van der Waals surface area contributed by atoms with E-state index in [2.05, 4.69) is 220 Å². The van der Waals surface area contributed by atoms with Crippen molar-refractivity contribution in [2.75, 3.05) is 36.5 Å². The molecule has 0 atom stereocenters. The highest BCUT2D eigenvalue weighted by Crippen LogP contribution is 2.46. The Morgan fingerprint density at radius 2 is 1.39 bits per heavy atom. The molecule has 2 aromatic heterocycles. The van der Waals surface area contributed by atoms with Gasteiger partial charge in [0.2, 0.25) is 5.52 Å². The molecule has 0 unspecified atom stereocenters. The number of pyridine rings is 1. The van der Waals surface area contributed by atoms with E-state index in [0.717, 1.165) is 49.2 Å². The van der Waals surface area contributed by atoms with Crippen LogP contribution in [0.25, 0.3) is 44.5 Å². The molecule has 304 valence electrons. The van der Waals surface area contributed by atoms with Gasteiger partial charge in [0.1, 0.15) is 23.1 Å². The van der Waals surface area contributed by atoms with Crippen LogP contribution in [0.2, 0.25) is 0 Å².